The zero-order valence-corrected chi connectivity index (χ0v) is 13.7. The van der Waals surface area contributed by atoms with E-state index in [4.69, 9.17) is 0 Å². The van der Waals surface area contributed by atoms with Gasteiger partial charge in [0.05, 0.1) is 0 Å². The van der Waals surface area contributed by atoms with Crippen molar-refractivity contribution in [1.82, 2.24) is 14.8 Å². The normalized spacial score (nSPS) is 20.9. The Morgan fingerprint density at radius 1 is 1.12 bits per heavy atom. The van der Waals surface area contributed by atoms with Gasteiger partial charge in [0, 0.05) is 42.4 Å². The van der Waals surface area contributed by atoms with E-state index in [1.54, 1.807) is 4.90 Å². The standard InChI is InChI=1S/C18H19N3O3/c1-10(2)20-7-11-5-13-9-21(15-3-4-16(22)19-17(15)23)18(24)14(13)6-12(11)8-20/h5-8,10,15H,3-4,9H2,1-2H3,(H,19,22,23). The summed E-state index contributed by atoms with van der Waals surface area (Å²) in [5.74, 6) is -0.764. The molecule has 6 nitrogen and oxygen atoms in total. The maximum atomic E-state index is 12.8. The van der Waals surface area contributed by atoms with Crippen molar-refractivity contribution in [3.8, 4) is 0 Å². The van der Waals surface area contributed by atoms with Crippen LogP contribution in [-0.2, 0) is 16.1 Å². The van der Waals surface area contributed by atoms with Crippen molar-refractivity contribution in [2.75, 3.05) is 0 Å². The first-order valence-electron chi connectivity index (χ1n) is 8.23. The van der Waals surface area contributed by atoms with Gasteiger partial charge in [0.2, 0.25) is 11.8 Å². The van der Waals surface area contributed by atoms with Gasteiger partial charge < -0.3 is 9.47 Å². The van der Waals surface area contributed by atoms with Crippen LogP contribution in [0.5, 0.6) is 0 Å². The quantitative estimate of drug-likeness (QED) is 0.858. The van der Waals surface area contributed by atoms with Crippen LogP contribution < -0.4 is 5.32 Å². The Bertz CT molecular complexity index is 881. The Hall–Kier alpha value is -2.63. The Labute approximate surface area is 139 Å². The number of imide groups is 1. The van der Waals surface area contributed by atoms with E-state index in [1.165, 1.54) is 0 Å². The van der Waals surface area contributed by atoms with E-state index in [1.807, 2.05) is 18.3 Å². The Morgan fingerprint density at radius 2 is 1.83 bits per heavy atom. The van der Waals surface area contributed by atoms with Crippen LogP contribution in [0.1, 0.15) is 48.7 Å². The summed E-state index contributed by atoms with van der Waals surface area (Å²) >= 11 is 0. The van der Waals surface area contributed by atoms with Gasteiger partial charge in [-0.25, -0.2) is 0 Å². The van der Waals surface area contributed by atoms with E-state index in [9.17, 15) is 14.4 Å². The van der Waals surface area contributed by atoms with Crippen LogP contribution in [0.3, 0.4) is 0 Å². The minimum absolute atomic E-state index is 0.126. The molecular formula is C18H19N3O3. The highest BCUT2D eigenvalue weighted by Crippen LogP contribution is 2.31. The smallest absolute Gasteiger partial charge is 0.255 e. The molecule has 1 unspecified atom stereocenters. The lowest BCUT2D eigenvalue weighted by Gasteiger charge is -2.29. The third kappa shape index (κ3) is 2.21. The summed E-state index contributed by atoms with van der Waals surface area (Å²) in [6.45, 7) is 4.65. The summed E-state index contributed by atoms with van der Waals surface area (Å²) in [5, 5.41) is 4.45. The van der Waals surface area contributed by atoms with Crippen molar-refractivity contribution < 1.29 is 14.4 Å². The molecule has 24 heavy (non-hydrogen) atoms. The van der Waals surface area contributed by atoms with Gasteiger partial charge >= 0.3 is 0 Å². The fourth-order valence-corrected chi connectivity index (χ4v) is 3.53. The molecule has 1 fully saturated rings. The van der Waals surface area contributed by atoms with Crippen LogP contribution in [0, 0.1) is 0 Å². The zero-order chi connectivity index (χ0) is 17.0. The number of nitrogens with one attached hydrogen (secondary N) is 1. The van der Waals surface area contributed by atoms with Gasteiger partial charge in [-0.15, -0.1) is 0 Å². The fraction of sp³-hybridized carbons (Fsp3) is 0.389. The highest BCUT2D eigenvalue weighted by Gasteiger charge is 2.39. The second-order valence-corrected chi connectivity index (χ2v) is 6.84. The summed E-state index contributed by atoms with van der Waals surface area (Å²) in [5.41, 5.74) is 1.60. The number of carbonyl (C=O) groups is 3. The molecule has 0 spiro atoms. The lowest BCUT2D eigenvalue weighted by Crippen LogP contribution is -2.52. The Kier molecular flexibility index (Phi) is 3.23. The molecule has 124 valence electrons. The number of rotatable bonds is 2. The van der Waals surface area contributed by atoms with Crippen LogP contribution >= 0.6 is 0 Å². The number of carbonyl (C=O) groups excluding carboxylic acids is 3. The zero-order valence-electron chi connectivity index (χ0n) is 13.7. The van der Waals surface area contributed by atoms with Crippen molar-refractivity contribution in [3.05, 3.63) is 35.7 Å². The first-order chi connectivity index (χ1) is 11.4. The van der Waals surface area contributed by atoms with E-state index in [-0.39, 0.29) is 24.1 Å². The van der Waals surface area contributed by atoms with Crippen LogP contribution in [0.25, 0.3) is 10.8 Å². The molecule has 2 aliphatic heterocycles. The summed E-state index contributed by atoms with van der Waals surface area (Å²) in [7, 11) is 0. The molecular weight excluding hydrogens is 306 g/mol. The van der Waals surface area contributed by atoms with E-state index in [2.05, 4.69) is 29.9 Å². The van der Waals surface area contributed by atoms with E-state index >= 15 is 0 Å². The van der Waals surface area contributed by atoms with Crippen LogP contribution in [-0.4, -0.2) is 33.2 Å². The fourth-order valence-electron chi connectivity index (χ4n) is 3.53. The van der Waals surface area contributed by atoms with Crippen molar-refractivity contribution in [1.29, 1.82) is 0 Å². The molecule has 3 amide bonds. The maximum absolute atomic E-state index is 12.8. The predicted octanol–water partition coefficient (Wildman–Crippen LogP) is 1.98. The summed E-state index contributed by atoms with van der Waals surface area (Å²) in [6.07, 6.45) is 4.79. The molecule has 1 atom stereocenters. The molecule has 0 aliphatic carbocycles. The second kappa shape index (κ2) is 5.19. The van der Waals surface area contributed by atoms with E-state index in [0.29, 0.717) is 24.6 Å². The van der Waals surface area contributed by atoms with Crippen molar-refractivity contribution in [2.45, 2.75) is 45.3 Å². The number of fused-ring (bicyclic) bond motifs is 2. The topological polar surface area (TPSA) is 71.4 Å². The Balaban J connectivity index is 1.67. The highest BCUT2D eigenvalue weighted by atomic mass is 16.2. The number of amides is 3. The van der Waals surface area contributed by atoms with Gasteiger partial charge in [-0.1, -0.05) is 0 Å². The number of hydrogen-bond donors (Lipinski definition) is 1. The predicted molar refractivity (Wildman–Crippen MR) is 88.4 cm³/mol. The first kappa shape index (κ1) is 14.9. The molecule has 1 N–H and O–H groups in total. The number of hydrogen-bond acceptors (Lipinski definition) is 3. The van der Waals surface area contributed by atoms with Gasteiger partial charge in [-0.2, -0.15) is 0 Å². The molecule has 4 rings (SSSR count). The monoisotopic (exact) mass is 325 g/mol. The minimum Gasteiger partial charge on any atom is -0.351 e. The Morgan fingerprint density at radius 3 is 2.50 bits per heavy atom. The second-order valence-electron chi connectivity index (χ2n) is 6.84. The van der Waals surface area contributed by atoms with Crippen molar-refractivity contribution in [3.63, 3.8) is 0 Å². The molecule has 1 aromatic heterocycles. The largest absolute Gasteiger partial charge is 0.351 e. The van der Waals surface area contributed by atoms with Gasteiger partial charge in [0.1, 0.15) is 6.04 Å². The molecule has 1 aromatic carbocycles. The third-order valence-corrected chi connectivity index (χ3v) is 4.90. The molecule has 1 saturated heterocycles. The lowest BCUT2D eigenvalue weighted by molar-refractivity contribution is -0.136. The molecule has 0 saturated carbocycles. The van der Waals surface area contributed by atoms with Gasteiger partial charge in [0.15, 0.2) is 0 Å². The molecule has 6 heteroatoms. The average Bonchev–Trinajstić information content (AvgIpc) is 3.07. The van der Waals surface area contributed by atoms with Gasteiger partial charge in [-0.3, -0.25) is 19.7 Å². The maximum Gasteiger partial charge on any atom is 0.255 e. The summed E-state index contributed by atoms with van der Waals surface area (Å²) in [6, 6.07) is 3.76. The molecule has 0 radical (unpaired) electrons. The third-order valence-electron chi connectivity index (χ3n) is 4.90. The lowest BCUT2D eigenvalue weighted by atomic mass is 10.0. The summed E-state index contributed by atoms with van der Waals surface area (Å²) < 4.78 is 2.13. The SMILES string of the molecule is CC(C)n1cc2cc3c(cc2c1)C(=O)N(C1CCC(=O)NC1=O)C3. The highest BCUT2D eigenvalue weighted by molar-refractivity contribution is 6.07. The van der Waals surface area contributed by atoms with Crippen molar-refractivity contribution >= 4 is 28.5 Å². The summed E-state index contributed by atoms with van der Waals surface area (Å²) in [4.78, 5) is 37.7. The molecule has 3 heterocycles. The number of benzene rings is 1. The number of aromatic nitrogens is 1. The van der Waals surface area contributed by atoms with Crippen LogP contribution in [0.15, 0.2) is 24.5 Å². The average molecular weight is 325 g/mol. The first-order valence-corrected chi connectivity index (χ1v) is 8.23. The molecule has 2 aliphatic rings. The van der Waals surface area contributed by atoms with E-state index < -0.39 is 6.04 Å². The minimum atomic E-state index is -0.558. The van der Waals surface area contributed by atoms with E-state index in [0.717, 1.165) is 16.3 Å². The van der Waals surface area contributed by atoms with Gasteiger partial charge in [-0.05, 0) is 43.4 Å². The number of nitrogens with zero attached hydrogens (tertiary/aromatic N) is 2. The van der Waals surface area contributed by atoms with Crippen LogP contribution in [0.4, 0.5) is 0 Å². The molecule has 0 bridgehead atoms. The molecule has 2 aromatic rings. The van der Waals surface area contributed by atoms with Crippen LogP contribution in [0.2, 0.25) is 0 Å². The van der Waals surface area contributed by atoms with Crippen molar-refractivity contribution in [2.24, 2.45) is 0 Å². The number of piperidine rings is 1. The van der Waals surface area contributed by atoms with Gasteiger partial charge in [0.25, 0.3) is 5.91 Å².